The average molecular weight is 200 g/mol. The Kier molecular flexibility index (Phi) is 3.81. The summed E-state index contributed by atoms with van der Waals surface area (Å²) >= 11 is 1.30. The number of hydrogen-bond donors (Lipinski definition) is 1. The first kappa shape index (κ1) is 10.6. The van der Waals surface area contributed by atoms with E-state index < -0.39 is 0 Å². The lowest BCUT2D eigenvalue weighted by Gasteiger charge is -2.13. The predicted octanol–water partition coefficient (Wildman–Crippen LogP) is 2.32. The van der Waals surface area contributed by atoms with Gasteiger partial charge in [0.1, 0.15) is 0 Å². The molecule has 1 heterocycles. The van der Waals surface area contributed by atoms with Crippen LogP contribution in [0.3, 0.4) is 0 Å². The summed E-state index contributed by atoms with van der Waals surface area (Å²) in [5.41, 5.74) is 0.862. The molecule has 0 aliphatic heterocycles. The molecule has 1 aromatic heterocycles. The molecule has 4 heteroatoms. The summed E-state index contributed by atoms with van der Waals surface area (Å²) in [5, 5.41) is 13.7. The summed E-state index contributed by atoms with van der Waals surface area (Å²) in [6.07, 6.45) is 1.53. The van der Waals surface area contributed by atoms with Gasteiger partial charge >= 0.3 is 0 Å². The van der Waals surface area contributed by atoms with E-state index in [2.05, 4.69) is 23.4 Å². The van der Waals surface area contributed by atoms with Crippen LogP contribution in [0.25, 0.3) is 0 Å². The molecule has 74 valence electrons. The normalized spacial score (nSPS) is 15.7. The third-order valence-electron chi connectivity index (χ3n) is 2.31. The second-order valence-corrected chi connectivity index (χ2v) is 4.27. The van der Waals surface area contributed by atoms with Gasteiger partial charge in [-0.2, -0.15) is 0 Å². The van der Waals surface area contributed by atoms with Crippen molar-refractivity contribution in [2.24, 2.45) is 5.92 Å². The van der Waals surface area contributed by atoms with E-state index >= 15 is 0 Å². The number of rotatable bonds is 4. The topological polar surface area (TPSA) is 46.0 Å². The fourth-order valence-electron chi connectivity index (χ4n) is 1.20. The molecule has 0 aliphatic carbocycles. The number of aliphatic hydroxyl groups is 1. The lowest BCUT2D eigenvalue weighted by Crippen LogP contribution is -2.03. The first-order chi connectivity index (χ1) is 6.15. The minimum atomic E-state index is -0.380. The number of nitrogens with zero attached hydrogens (tertiary/aromatic N) is 2. The van der Waals surface area contributed by atoms with E-state index in [0.717, 1.165) is 23.4 Å². The van der Waals surface area contributed by atoms with Crippen LogP contribution in [0.1, 0.15) is 43.4 Å². The molecule has 0 saturated carbocycles. The minimum absolute atomic E-state index is 0.380. The zero-order chi connectivity index (χ0) is 9.84. The maximum absolute atomic E-state index is 9.82. The highest BCUT2D eigenvalue weighted by molar-refractivity contribution is 7.05. The van der Waals surface area contributed by atoms with E-state index in [1.54, 1.807) is 0 Å². The first-order valence-corrected chi connectivity index (χ1v) is 5.39. The van der Waals surface area contributed by atoms with Gasteiger partial charge in [0.25, 0.3) is 0 Å². The van der Waals surface area contributed by atoms with Crippen LogP contribution in [0, 0.1) is 12.8 Å². The van der Waals surface area contributed by atoms with Crippen LogP contribution >= 0.6 is 11.5 Å². The molecule has 2 atom stereocenters. The Balaban J connectivity index is 2.58. The van der Waals surface area contributed by atoms with E-state index in [-0.39, 0.29) is 6.10 Å². The first-order valence-electron chi connectivity index (χ1n) is 4.62. The summed E-state index contributed by atoms with van der Waals surface area (Å²) in [4.78, 5) is 0.917. The third-order valence-corrected chi connectivity index (χ3v) is 3.24. The molecule has 0 saturated heterocycles. The van der Waals surface area contributed by atoms with E-state index in [1.807, 2.05) is 6.92 Å². The van der Waals surface area contributed by atoms with Crippen molar-refractivity contribution in [2.75, 3.05) is 0 Å². The molecular weight excluding hydrogens is 184 g/mol. The third kappa shape index (κ3) is 2.74. The summed E-state index contributed by atoms with van der Waals surface area (Å²) in [6, 6.07) is 0. The highest BCUT2D eigenvalue weighted by Gasteiger charge is 2.16. The lowest BCUT2D eigenvalue weighted by atomic mass is 10.00. The number of aromatic nitrogens is 2. The molecule has 2 unspecified atom stereocenters. The Morgan fingerprint density at radius 3 is 2.69 bits per heavy atom. The monoisotopic (exact) mass is 200 g/mol. The zero-order valence-electron chi connectivity index (χ0n) is 8.32. The number of hydrogen-bond acceptors (Lipinski definition) is 4. The molecule has 1 rings (SSSR count). The van der Waals surface area contributed by atoms with Crippen molar-refractivity contribution >= 4 is 11.5 Å². The lowest BCUT2D eigenvalue weighted by molar-refractivity contribution is 0.149. The fourth-order valence-corrected chi connectivity index (χ4v) is 1.84. The number of aliphatic hydroxyl groups excluding tert-OH is 1. The quantitative estimate of drug-likeness (QED) is 0.811. The summed E-state index contributed by atoms with van der Waals surface area (Å²) in [6.45, 7) is 6.17. The van der Waals surface area contributed by atoms with E-state index in [4.69, 9.17) is 0 Å². The van der Waals surface area contributed by atoms with Gasteiger partial charge in [-0.15, -0.1) is 5.10 Å². The molecule has 0 radical (unpaired) electrons. The number of aryl methyl sites for hydroxylation is 1. The zero-order valence-corrected chi connectivity index (χ0v) is 9.14. The van der Waals surface area contributed by atoms with Crippen LogP contribution in [0.15, 0.2) is 0 Å². The van der Waals surface area contributed by atoms with Gasteiger partial charge in [-0.3, -0.25) is 0 Å². The van der Waals surface area contributed by atoms with Crippen molar-refractivity contribution in [3.05, 3.63) is 10.6 Å². The molecule has 0 fully saturated rings. The Bertz CT molecular complexity index is 262. The molecule has 0 aromatic carbocycles. The van der Waals surface area contributed by atoms with Crippen LogP contribution in [0.4, 0.5) is 0 Å². The summed E-state index contributed by atoms with van der Waals surface area (Å²) in [7, 11) is 0. The molecular formula is C9H16N2OS. The van der Waals surface area contributed by atoms with E-state index in [0.29, 0.717) is 5.92 Å². The van der Waals surface area contributed by atoms with Gasteiger partial charge in [-0.1, -0.05) is 24.8 Å². The van der Waals surface area contributed by atoms with Crippen LogP contribution in [0.2, 0.25) is 0 Å². The summed E-state index contributed by atoms with van der Waals surface area (Å²) < 4.78 is 3.81. The van der Waals surface area contributed by atoms with E-state index in [1.165, 1.54) is 11.5 Å². The second kappa shape index (κ2) is 4.67. The highest BCUT2D eigenvalue weighted by Crippen LogP contribution is 2.26. The van der Waals surface area contributed by atoms with Crippen LogP contribution in [-0.2, 0) is 0 Å². The maximum atomic E-state index is 9.82. The maximum Gasteiger partial charge on any atom is 0.0919 e. The standard InChI is InChI=1S/C9H16N2OS/c1-4-6(2)5-8(12)9-7(3)10-11-13-9/h6,8,12H,4-5H2,1-3H3. The Hall–Kier alpha value is -0.480. The van der Waals surface area contributed by atoms with Crippen LogP contribution < -0.4 is 0 Å². The van der Waals surface area contributed by atoms with Gasteiger partial charge in [0, 0.05) is 0 Å². The van der Waals surface area contributed by atoms with Crippen molar-refractivity contribution in [1.29, 1.82) is 0 Å². The van der Waals surface area contributed by atoms with Crippen molar-refractivity contribution in [3.63, 3.8) is 0 Å². The van der Waals surface area contributed by atoms with Crippen molar-refractivity contribution < 1.29 is 5.11 Å². The van der Waals surface area contributed by atoms with E-state index in [9.17, 15) is 5.11 Å². The van der Waals surface area contributed by atoms with Crippen molar-refractivity contribution in [1.82, 2.24) is 9.59 Å². The highest BCUT2D eigenvalue weighted by atomic mass is 32.1. The Labute approximate surface area is 83.0 Å². The Morgan fingerprint density at radius 1 is 1.54 bits per heavy atom. The molecule has 0 spiro atoms. The largest absolute Gasteiger partial charge is 0.387 e. The van der Waals surface area contributed by atoms with Crippen molar-refractivity contribution in [3.8, 4) is 0 Å². The summed E-state index contributed by atoms with van der Waals surface area (Å²) in [5.74, 6) is 0.552. The smallest absolute Gasteiger partial charge is 0.0919 e. The van der Waals surface area contributed by atoms with Crippen LogP contribution in [0.5, 0.6) is 0 Å². The predicted molar refractivity (Wildman–Crippen MR) is 53.7 cm³/mol. The fraction of sp³-hybridized carbons (Fsp3) is 0.778. The molecule has 13 heavy (non-hydrogen) atoms. The van der Waals surface area contributed by atoms with Crippen LogP contribution in [-0.4, -0.2) is 14.7 Å². The molecule has 0 bridgehead atoms. The average Bonchev–Trinajstić information content (AvgIpc) is 2.51. The van der Waals surface area contributed by atoms with Gasteiger partial charge in [0.05, 0.1) is 16.7 Å². The molecule has 1 N–H and O–H groups in total. The van der Waals surface area contributed by atoms with Gasteiger partial charge in [-0.05, 0) is 30.8 Å². The SMILES string of the molecule is CCC(C)CC(O)c1snnc1C. The Morgan fingerprint density at radius 2 is 2.23 bits per heavy atom. The molecule has 0 aliphatic rings. The van der Waals surface area contributed by atoms with Gasteiger partial charge in [0.2, 0.25) is 0 Å². The van der Waals surface area contributed by atoms with Gasteiger partial charge < -0.3 is 5.11 Å². The van der Waals surface area contributed by atoms with Gasteiger partial charge in [0.15, 0.2) is 0 Å². The van der Waals surface area contributed by atoms with Gasteiger partial charge in [-0.25, -0.2) is 0 Å². The minimum Gasteiger partial charge on any atom is -0.387 e. The molecule has 1 aromatic rings. The van der Waals surface area contributed by atoms with Crippen molar-refractivity contribution in [2.45, 2.75) is 39.7 Å². The second-order valence-electron chi connectivity index (χ2n) is 3.49. The molecule has 3 nitrogen and oxygen atoms in total. The molecule has 0 amide bonds.